The zero-order valence-corrected chi connectivity index (χ0v) is 7.92. The van der Waals surface area contributed by atoms with Crippen molar-refractivity contribution in [2.45, 2.75) is 6.61 Å². The van der Waals surface area contributed by atoms with Gasteiger partial charge in [-0.05, 0) is 12.1 Å². The van der Waals surface area contributed by atoms with Gasteiger partial charge in [0.05, 0.1) is 0 Å². The van der Waals surface area contributed by atoms with E-state index in [1.54, 1.807) is 6.07 Å². The number of nitrogens with zero attached hydrogens (tertiary/aromatic N) is 1. The molecule has 4 heteroatoms. The lowest BCUT2D eigenvalue weighted by Gasteiger charge is -2.01. The largest absolute Gasteiger partial charge is 0.486 e. The van der Waals surface area contributed by atoms with Gasteiger partial charge in [-0.25, -0.2) is 0 Å². The van der Waals surface area contributed by atoms with Crippen molar-refractivity contribution in [1.82, 2.24) is 5.16 Å². The molecule has 0 amide bonds. The van der Waals surface area contributed by atoms with Crippen LogP contribution in [0.15, 0.2) is 40.9 Å². The van der Waals surface area contributed by atoms with E-state index in [1.165, 1.54) is 0 Å². The molecule has 1 aromatic heterocycles. The lowest BCUT2D eigenvalue weighted by Crippen LogP contribution is -1.92. The average Bonchev–Trinajstić information content (AvgIpc) is 2.76. The summed E-state index contributed by atoms with van der Waals surface area (Å²) in [7, 11) is 0. The monoisotopic (exact) mass is 203 g/mol. The highest BCUT2D eigenvalue weighted by Crippen LogP contribution is 2.11. The standard InChI is InChI=1S/C11H9NO3/c13-7-9-6-11(15-12-9)8-14-10-4-2-1-3-5-10/h1-7H,8H2. The molecule has 0 spiro atoms. The van der Waals surface area contributed by atoms with Crippen LogP contribution >= 0.6 is 0 Å². The Kier molecular flexibility index (Phi) is 2.78. The summed E-state index contributed by atoms with van der Waals surface area (Å²) in [6, 6.07) is 10.9. The fourth-order valence-corrected chi connectivity index (χ4v) is 1.12. The molecule has 2 rings (SSSR count). The van der Waals surface area contributed by atoms with E-state index >= 15 is 0 Å². The minimum absolute atomic E-state index is 0.269. The highest BCUT2D eigenvalue weighted by atomic mass is 16.5. The van der Waals surface area contributed by atoms with Crippen molar-refractivity contribution in [3.63, 3.8) is 0 Å². The summed E-state index contributed by atoms with van der Waals surface area (Å²) in [5.41, 5.74) is 0.279. The number of benzene rings is 1. The summed E-state index contributed by atoms with van der Waals surface area (Å²) in [6.45, 7) is 0.269. The van der Waals surface area contributed by atoms with Crippen molar-refractivity contribution in [1.29, 1.82) is 0 Å². The van der Waals surface area contributed by atoms with Crippen LogP contribution in [0.1, 0.15) is 16.2 Å². The van der Waals surface area contributed by atoms with E-state index in [0.717, 1.165) is 5.75 Å². The molecule has 0 radical (unpaired) electrons. The third-order valence-electron chi connectivity index (χ3n) is 1.82. The minimum Gasteiger partial charge on any atom is -0.486 e. The van der Waals surface area contributed by atoms with Crippen LogP contribution in [0, 0.1) is 0 Å². The zero-order valence-electron chi connectivity index (χ0n) is 7.92. The number of rotatable bonds is 4. The van der Waals surface area contributed by atoms with Gasteiger partial charge in [0, 0.05) is 6.07 Å². The number of hydrogen-bond donors (Lipinski definition) is 0. The molecule has 0 fully saturated rings. The molecule has 0 aliphatic heterocycles. The SMILES string of the molecule is O=Cc1cc(COc2ccccc2)on1. The molecule has 0 bridgehead atoms. The summed E-state index contributed by atoms with van der Waals surface area (Å²) >= 11 is 0. The van der Waals surface area contributed by atoms with E-state index in [2.05, 4.69) is 5.16 Å². The molecule has 0 N–H and O–H groups in total. The van der Waals surface area contributed by atoms with Crippen molar-refractivity contribution in [2.75, 3.05) is 0 Å². The molecule has 15 heavy (non-hydrogen) atoms. The Morgan fingerprint density at radius 1 is 1.33 bits per heavy atom. The van der Waals surface area contributed by atoms with Gasteiger partial charge in [-0.2, -0.15) is 0 Å². The third kappa shape index (κ3) is 2.43. The molecular formula is C11H9NO3. The van der Waals surface area contributed by atoms with Crippen LogP contribution in [0.4, 0.5) is 0 Å². The number of ether oxygens (including phenoxy) is 1. The molecule has 0 saturated heterocycles. The summed E-state index contributed by atoms with van der Waals surface area (Å²) in [6.07, 6.45) is 0.634. The highest BCUT2D eigenvalue weighted by Gasteiger charge is 2.03. The molecule has 4 nitrogen and oxygen atoms in total. The van der Waals surface area contributed by atoms with Gasteiger partial charge in [0.15, 0.2) is 12.0 Å². The number of para-hydroxylation sites is 1. The van der Waals surface area contributed by atoms with Gasteiger partial charge in [0.1, 0.15) is 18.1 Å². The Balaban J connectivity index is 1.96. The van der Waals surface area contributed by atoms with E-state index in [4.69, 9.17) is 9.26 Å². The number of hydrogen-bond acceptors (Lipinski definition) is 4. The quantitative estimate of drug-likeness (QED) is 0.714. The number of aromatic nitrogens is 1. The maximum Gasteiger partial charge on any atom is 0.174 e. The van der Waals surface area contributed by atoms with E-state index in [-0.39, 0.29) is 12.3 Å². The van der Waals surface area contributed by atoms with Crippen LogP contribution in [0.5, 0.6) is 5.75 Å². The third-order valence-corrected chi connectivity index (χ3v) is 1.82. The van der Waals surface area contributed by atoms with Gasteiger partial charge in [0.25, 0.3) is 0 Å². The van der Waals surface area contributed by atoms with Crippen molar-refractivity contribution in [3.8, 4) is 5.75 Å². The second-order valence-electron chi connectivity index (χ2n) is 2.94. The Labute approximate surface area is 86.5 Å². The summed E-state index contributed by atoms with van der Waals surface area (Å²) in [4.78, 5) is 10.3. The van der Waals surface area contributed by atoms with Gasteiger partial charge in [-0.3, -0.25) is 4.79 Å². The summed E-state index contributed by atoms with van der Waals surface area (Å²) in [5.74, 6) is 1.28. The van der Waals surface area contributed by atoms with Crippen LogP contribution in [0.25, 0.3) is 0 Å². The Morgan fingerprint density at radius 2 is 2.13 bits per heavy atom. The fraction of sp³-hybridized carbons (Fsp3) is 0.0909. The first-order chi connectivity index (χ1) is 7.38. The molecule has 0 aliphatic carbocycles. The fourth-order valence-electron chi connectivity index (χ4n) is 1.12. The Bertz CT molecular complexity index is 436. The molecule has 0 aliphatic rings. The van der Waals surface area contributed by atoms with Gasteiger partial charge in [0.2, 0.25) is 0 Å². The molecule has 0 atom stereocenters. The highest BCUT2D eigenvalue weighted by molar-refractivity contribution is 5.71. The van der Waals surface area contributed by atoms with Crippen molar-refractivity contribution in [2.24, 2.45) is 0 Å². The second kappa shape index (κ2) is 4.41. The van der Waals surface area contributed by atoms with Crippen LogP contribution in [0.3, 0.4) is 0 Å². The van der Waals surface area contributed by atoms with Gasteiger partial charge < -0.3 is 9.26 Å². The lowest BCUT2D eigenvalue weighted by atomic mass is 10.3. The Hall–Kier alpha value is -2.10. The van der Waals surface area contributed by atoms with E-state index in [1.807, 2.05) is 30.3 Å². The zero-order chi connectivity index (χ0) is 10.5. The van der Waals surface area contributed by atoms with Gasteiger partial charge >= 0.3 is 0 Å². The maximum absolute atomic E-state index is 10.3. The average molecular weight is 203 g/mol. The first kappa shape index (κ1) is 9.45. The van der Waals surface area contributed by atoms with E-state index < -0.39 is 0 Å². The number of carbonyl (C=O) groups excluding carboxylic acids is 1. The summed E-state index contributed by atoms with van der Waals surface area (Å²) < 4.78 is 10.3. The van der Waals surface area contributed by atoms with Crippen molar-refractivity contribution < 1.29 is 14.1 Å². The normalized spacial score (nSPS) is 9.87. The van der Waals surface area contributed by atoms with Gasteiger partial charge in [-0.1, -0.05) is 23.4 Å². The van der Waals surface area contributed by atoms with Crippen LogP contribution in [0.2, 0.25) is 0 Å². The second-order valence-corrected chi connectivity index (χ2v) is 2.94. The van der Waals surface area contributed by atoms with Crippen molar-refractivity contribution >= 4 is 6.29 Å². The first-order valence-corrected chi connectivity index (χ1v) is 4.47. The smallest absolute Gasteiger partial charge is 0.174 e. The van der Waals surface area contributed by atoms with Gasteiger partial charge in [-0.15, -0.1) is 0 Å². The molecule has 0 saturated carbocycles. The number of carbonyl (C=O) groups is 1. The van der Waals surface area contributed by atoms with Crippen LogP contribution in [-0.4, -0.2) is 11.4 Å². The minimum atomic E-state index is 0.269. The number of aldehydes is 1. The lowest BCUT2D eigenvalue weighted by molar-refractivity contribution is 0.111. The Morgan fingerprint density at radius 3 is 2.80 bits per heavy atom. The van der Waals surface area contributed by atoms with E-state index in [9.17, 15) is 4.79 Å². The predicted octanol–water partition coefficient (Wildman–Crippen LogP) is 2.07. The first-order valence-electron chi connectivity index (χ1n) is 4.47. The maximum atomic E-state index is 10.3. The van der Waals surface area contributed by atoms with Crippen molar-refractivity contribution in [3.05, 3.63) is 47.9 Å². The predicted molar refractivity (Wildman–Crippen MR) is 52.7 cm³/mol. The molecule has 1 heterocycles. The van der Waals surface area contributed by atoms with E-state index in [0.29, 0.717) is 12.0 Å². The molecule has 2 aromatic rings. The van der Waals surface area contributed by atoms with Crippen LogP contribution in [-0.2, 0) is 6.61 Å². The molecule has 1 aromatic carbocycles. The van der Waals surface area contributed by atoms with Crippen LogP contribution < -0.4 is 4.74 Å². The summed E-state index contributed by atoms with van der Waals surface area (Å²) in [5, 5.41) is 3.52. The molecular weight excluding hydrogens is 194 g/mol. The molecule has 0 unspecified atom stereocenters. The molecule has 76 valence electrons. The topological polar surface area (TPSA) is 52.3 Å².